The summed E-state index contributed by atoms with van der Waals surface area (Å²) in [6.45, 7) is 6.39. The van der Waals surface area contributed by atoms with E-state index in [1.807, 2.05) is 7.05 Å². The number of aromatic nitrogens is 2. The minimum atomic E-state index is 0.381. The molecule has 1 heterocycles. The summed E-state index contributed by atoms with van der Waals surface area (Å²) in [7, 11) is 1.90. The topological polar surface area (TPSA) is 37.8 Å². The van der Waals surface area contributed by atoms with Crippen LogP contribution in [0.15, 0.2) is 24.3 Å². The maximum Gasteiger partial charge on any atom is 0.161 e. The summed E-state index contributed by atoms with van der Waals surface area (Å²) in [5.41, 5.74) is 3.39. The van der Waals surface area contributed by atoms with Gasteiger partial charge in [0.1, 0.15) is 5.82 Å². The summed E-state index contributed by atoms with van der Waals surface area (Å²) in [6, 6.07) is 8.32. The van der Waals surface area contributed by atoms with E-state index >= 15 is 0 Å². The maximum absolute atomic E-state index is 4.72. The molecule has 1 aromatic heterocycles. The largest absolute Gasteiger partial charge is 0.372 e. The van der Waals surface area contributed by atoms with Gasteiger partial charge in [-0.05, 0) is 35.4 Å². The van der Waals surface area contributed by atoms with E-state index in [-0.39, 0.29) is 0 Å². The van der Waals surface area contributed by atoms with Crippen molar-refractivity contribution in [2.75, 3.05) is 12.4 Å². The van der Waals surface area contributed by atoms with Crippen molar-refractivity contribution >= 4 is 28.4 Å². The molecule has 0 aliphatic heterocycles. The molecule has 0 aliphatic carbocycles. The van der Waals surface area contributed by atoms with Gasteiger partial charge in [0.2, 0.25) is 0 Å². The Morgan fingerprint density at radius 3 is 2.26 bits per heavy atom. The SMILES string of the molecule is CNc1nc(-c2ccc(C)cc2)nc(C(C)C)c1I. The highest BCUT2D eigenvalue weighted by Crippen LogP contribution is 2.28. The number of halogens is 1. The van der Waals surface area contributed by atoms with E-state index in [0.29, 0.717) is 5.92 Å². The number of rotatable bonds is 3. The van der Waals surface area contributed by atoms with E-state index in [2.05, 4.69) is 77.9 Å². The van der Waals surface area contributed by atoms with Gasteiger partial charge in [-0.15, -0.1) is 0 Å². The van der Waals surface area contributed by atoms with Crippen LogP contribution in [0.4, 0.5) is 5.82 Å². The molecule has 0 fully saturated rings. The van der Waals surface area contributed by atoms with Gasteiger partial charge in [0.05, 0.1) is 9.26 Å². The Morgan fingerprint density at radius 1 is 1.11 bits per heavy atom. The van der Waals surface area contributed by atoms with E-state index in [4.69, 9.17) is 4.98 Å². The van der Waals surface area contributed by atoms with Crippen LogP contribution in [0.1, 0.15) is 31.0 Å². The average molecular weight is 367 g/mol. The highest BCUT2D eigenvalue weighted by atomic mass is 127. The van der Waals surface area contributed by atoms with Crippen LogP contribution in [-0.4, -0.2) is 17.0 Å². The number of hydrogen-bond donors (Lipinski definition) is 1. The second-order valence-electron chi connectivity index (χ2n) is 4.87. The lowest BCUT2D eigenvalue weighted by Gasteiger charge is -2.13. The minimum absolute atomic E-state index is 0.381. The van der Waals surface area contributed by atoms with Gasteiger partial charge in [-0.2, -0.15) is 0 Å². The zero-order valence-corrected chi connectivity index (χ0v) is 13.8. The first-order chi connectivity index (χ1) is 9.02. The third-order valence-corrected chi connectivity index (χ3v) is 4.03. The predicted octanol–water partition coefficient (Wildman–Crippen LogP) is 4.22. The Morgan fingerprint density at radius 2 is 1.74 bits per heavy atom. The van der Waals surface area contributed by atoms with Crippen LogP contribution in [0.3, 0.4) is 0 Å². The number of hydrogen-bond acceptors (Lipinski definition) is 3. The van der Waals surface area contributed by atoms with E-state index in [9.17, 15) is 0 Å². The highest BCUT2D eigenvalue weighted by molar-refractivity contribution is 14.1. The molecule has 2 rings (SSSR count). The van der Waals surface area contributed by atoms with Gasteiger partial charge in [0, 0.05) is 12.6 Å². The maximum atomic E-state index is 4.72. The summed E-state index contributed by atoms with van der Waals surface area (Å²) >= 11 is 2.31. The summed E-state index contributed by atoms with van der Waals surface area (Å²) in [6.07, 6.45) is 0. The first kappa shape index (κ1) is 14.2. The number of benzene rings is 1. The van der Waals surface area contributed by atoms with Crippen LogP contribution >= 0.6 is 22.6 Å². The molecule has 1 N–H and O–H groups in total. The van der Waals surface area contributed by atoms with E-state index in [0.717, 1.165) is 26.5 Å². The van der Waals surface area contributed by atoms with E-state index < -0.39 is 0 Å². The molecule has 4 heteroatoms. The van der Waals surface area contributed by atoms with Crippen molar-refractivity contribution in [2.24, 2.45) is 0 Å². The molecule has 0 saturated heterocycles. The molecule has 19 heavy (non-hydrogen) atoms. The minimum Gasteiger partial charge on any atom is -0.372 e. The van der Waals surface area contributed by atoms with E-state index in [1.54, 1.807) is 0 Å². The van der Waals surface area contributed by atoms with Gasteiger partial charge in [-0.1, -0.05) is 43.7 Å². The molecule has 0 spiro atoms. The average Bonchev–Trinajstić information content (AvgIpc) is 2.39. The molecule has 0 aliphatic rings. The lowest BCUT2D eigenvalue weighted by Crippen LogP contribution is -2.06. The molecule has 0 amide bonds. The standard InChI is InChI=1S/C15H18IN3/c1-9(2)13-12(16)15(17-4)19-14(18-13)11-7-5-10(3)6-8-11/h5-9H,1-4H3,(H,17,18,19). The molecule has 3 nitrogen and oxygen atoms in total. The van der Waals surface area contributed by atoms with Crippen LogP contribution in [-0.2, 0) is 0 Å². The second-order valence-corrected chi connectivity index (χ2v) is 5.94. The Balaban J connectivity index is 2.57. The van der Waals surface area contributed by atoms with Crippen molar-refractivity contribution in [3.63, 3.8) is 0 Å². The first-order valence-corrected chi connectivity index (χ1v) is 7.43. The quantitative estimate of drug-likeness (QED) is 0.826. The first-order valence-electron chi connectivity index (χ1n) is 6.35. The molecule has 0 bridgehead atoms. The van der Waals surface area contributed by atoms with E-state index in [1.165, 1.54) is 5.56 Å². The van der Waals surface area contributed by atoms with Gasteiger partial charge >= 0.3 is 0 Å². The summed E-state index contributed by atoms with van der Waals surface area (Å²) < 4.78 is 1.10. The lowest BCUT2D eigenvalue weighted by atomic mass is 10.1. The van der Waals surface area contributed by atoms with Gasteiger partial charge < -0.3 is 5.32 Å². The molecular formula is C15H18IN3. The highest BCUT2D eigenvalue weighted by Gasteiger charge is 2.14. The molecule has 100 valence electrons. The summed E-state index contributed by atoms with van der Waals surface area (Å²) in [4.78, 5) is 9.33. The van der Waals surface area contributed by atoms with Gasteiger partial charge in [-0.25, -0.2) is 9.97 Å². The number of aryl methyl sites for hydroxylation is 1. The fraction of sp³-hybridized carbons (Fsp3) is 0.333. The summed E-state index contributed by atoms with van der Waals surface area (Å²) in [5, 5.41) is 3.15. The van der Waals surface area contributed by atoms with Crippen molar-refractivity contribution < 1.29 is 0 Å². The van der Waals surface area contributed by atoms with Crippen molar-refractivity contribution in [1.29, 1.82) is 0 Å². The van der Waals surface area contributed by atoms with Crippen molar-refractivity contribution in [2.45, 2.75) is 26.7 Å². The van der Waals surface area contributed by atoms with Crippen molar-refractivity contribution in [1.82, 2.24) is 9.97 Å². The Labute approximate surface area is 128 Å². The third-order valence-electron chi connectivity index (χ3n) is 2.97. The third kappa shape index (κ3) is 3.05. The zero-order valence-electron chi connectivity index (χ0n) is 11.7. The second kappa shape index (κ2) is 5.86. The normalized spacial score (nSPS) is 10.8. The predicted molar refractivity (Wildman–Crippen MR) is 88.6 cm³/mol. The summed E-state index contributed by atoms with van der Waals surface area (Å²) in [5.74, 6) is 2.06. The van der Waals surface area contributed by atoms with Crippen LogP contribution < -0.4 is 5.32 Å². The molecule has 0 saturated carbocycles. The van der Waals surface area contributed by atoms with Gasteiger partial charge in [0.15, 0.2) is 5.82 Å². The zero-order chi connectivity index (χ0) is 14.0. The fourth-order valence-electron chi connectivity index (χ4n) is 1.84. The number of nitrogens with zero attached hydrogens (tertiary/aromatic N) is 2. The number of nitrogens with one attached hydrogen (secondary N) is 1. The molecular weight excluding hydrogens is 349 g/mol. The Bertz CT molecular complexity index is 577. The van der Waals surface area contributed by atoms with Crippen LogP contribution in [0, 0.1) is 10.5 Å². The molecule has 0 unspecified atom stereocenters. The smallest absolute Gasteiger partial charge is 0.161 e. The van der Waals surface area contributed by atoms with Crippen molar-refractivity contribution in [3.05, 3.63) is 39.1 Å². The fourth-order valence-corrected chi connectivity index (χ4v) is 2.98. The Kier molecular flexibility index (Phi) is 4.39. The lowest BCUT2D eigenvalue weighted by molar-refractivity contribution is 0.809. The van der Waals surface area contributed by atoms with Crippen LogP contribution in [0.25, 0.3) is 11.4 Å². The molecule has 0 atom stereocenters. The van der Waals surface area contributed by atoms with Crippen molar-refractivity contribution in [3.8, 4) is 11.4 Å². The van der Waals surface area contributed by atoms with Gasteiger partial charge in [0.25, 0.3) is 0 Å². The Hall–Kier alpha value is -1.17. The molecule has 1 aromatic carbocycles. The van der Waals surface area contributed by atoms with Gasteiger partial charge in [-0.3, -0.25) is 0 Å². The van der Waals surface area contributed by atoms with Crippen LogP contribution in [0.5, 0.6) is 0 Å². The monoisotopic (exact) mass is 367 g/mol. The molecule has 2 aromatic rings. The molecule has 0 radical (unpaired) electrons. The van der Waals surface area contributed by atoms with Crippen LogP contribution in [0.2, 0.25) is 0 Å². The number of anilines is 1.